The minimum absolute atomic E-state index is 0.110. The number of hydrogen-bond donors (Lipinski definition) is 0. The number of methoxy groups -OCH3 is 2. The van der Waals surface area contributed by atoms with Crippen LogP contribution in [0.5, 0.6) is 5.75 Å². The molecule has 1 fully saturated rings. The van der Waals surface area contributed by atoms with Crippen LogP contribution in [0.4, 0.5) is 0 Å². The number of Topliss-reactive ketones (excluding diaryl/α,β-unsaturated/α-hetero) is 1. The van der Waals surface area contributed by atoms with Crippen LogP contribution in [-0.4, -0.2) is 38.8 Å². The smallest absolute Gasteiger partial charge is 0.169 e. The highest BCUT2D eigenvalue weighted by atomic mass is 16.5. The van der Waals surface area contributed by atoms with Crippen LogP contribution in [0.1, 0.15) is 12.0 Å². The number of hydrogen-bond acceptors (Lipinski definition) is 4. The molecule has 1 saturated carbocycles. The van der Waals surface area contributed by atoms with Crippen molar-refractivity contribution >= 4 is 5.78 Å². The fraction of sp³-hybridized carbons (Fsp3) is 0.500. The molecule has 1 aromatic rings. The van der Waals surface area contributed by atoms with E-state index in [2.05, 4.69) is 0 Å². The van der Waals surface area contributed by atoms with Gasteiger partial charge in [0.25, 0.3) is 0 Å². The first-order valence-corrected chi connectivity index (χ1v) is 6.04. The van der Waals surface area contributed by atoms with Crippen molar-refractivity contribution in [3.05, 3.63) is 29.8 Å². The topological polar surface area (TPSA) is 44.8 Å². The predicted octanol–water partition coefficient (Wildman–Crippen LogP) is 1.61. The van der Waals surface area contributed by atoms with Gasteiger partial charge in [-0.2, -0.15) is 0 Å². The van der Waals surface area contributed by atoms with Gasteiger partial charge in [0, 0.05) is 20.6 Å². The van der Waals surface area contributed by atoms with Gasteiger partial charge in [-0.1, -0.05) is 12.1 Å². The number of carbonyl (C=O) groups excluding carboxylic acids is 1. The van der Waals surface area contributed by atoms with E-state index in [1.165, 1.54) is 12.7 Å². The van der Waals surface area contributed by atoms with Crippen LogP contribution in [0.2, 0.25) is 0 Å². The highest BCUT2D eigenvalue weighted by Crippen LogP contribution is 2.25. The molecule has 4 heteroatoms. The van der Waals surface area contributed by atoms with Gasteiger partial charge in [-0.15, -0.1) is 0 Å². The largest absolute Gasteiger partial charge is 0.487 e. The van der Waals surface area contributed by atoms with Gasteiger partial charge < -0.3 is 14.2 Å². The Morgan fingerprint density at radius 3 is 2.50 bits per heavy atom. The molecule has 0 N–H and O–H groups in total. The fourth-order valence-corrected chi connectivity index (χ4v) is 1.98. The summed E-state index contributed by atoms with van der Waals surface area (Å²) in [6, 6.07) is 7.86. The molecule has 0 radical (unpaired) electrons. The number of rotatable bonds is 6. The minimum atomic E-state index is -0.404. The zero-order valence-electron chi connectivity index (χ0n) is 10.7. The molecule has 1 aliphatic rings. The van der Waals surface area contributed by atoms with E-state index in [0.717, 1.165) is 12.2 Å². The Morgan fingerprint density at radius 2 is 1.94 bits per heavy atom. The maximum Gasteiger partial charge on any atom is 0.169 e. The van der Waals surface area contributed by atoms with Gasteiger partial charge in [0.05, 0.1) is 6.61 Å². The molecule has 0 spiro atoms. The van der Waals surface area contributed by atoms with Crippen LogP contribution >= 0.6 is 0 Å². The molecule has 0 aromatic heterocycles. The molecular formula is C14H18O4. The SMILES string of the molecule is COCCc1ccc(OC2CC(=O)C2OC)cc1. The summed E-state index contributed by atoms with van der Waals surface area (Å²) in [5.74, 6) is 0.884. The maximum atomic E-state index is 11.2. The standard InChI is InChI=1S/C14H18O4/c1-16-8-7-10-3-5-11(6-4-10)18-13-9-12(15)14(13)17-2/h3-6,13-14H,7-9H2,1-2H3. The normalized spacial score (nSPS) is 22.7. The molecule has 18 heavy (non-hydrogen) atoms. The first kappa shape index (κ1) is 13.1. The molecule has 1 aromatic carbocycles. The third-order valence-electron chi connectivity index (χ3n) is 3.12. The summed E-state index contributed by atoms with van der Waals surface area (Å²) < 4.78 is 15.8. The Labute approximate surface area is 107 Å². The second kappa shape index (κ2) is 5.98. The molecule has 98 valence electrons. The van der Waals surface area contributed by atoms with E-state index in [0.29, 0.717) is 13.0 Å². The Balaban J connectivity index is 1.88. The van der Waals surface area contributed by atoms with Crippen LogP contribution in [0.3, 0.4) is 0 Å². The van der Waals surface area contributed by atoms with Crippen molar-refractivity contribution in [1.29, 1.82) is 0 Å². The first-order valence-electron chi connectivity index (χ1n) is 6.04. The van der Waals surface area contributed by atoms with Gasteiger partial charge in [-0.25, -0.2) is 0 Å². The van der Waals surface area contributed by atoms with Crippen LogP contribution in [-0.2, 0) is 20.7 Å². The molecule has 0 saturated heterocycles. The Morgan fingerprint density at radius 1 is 1.22 bits per heavy atom. The zero-order chi connectivity index (χ0) is 13.0. The summed E-state index contributed by atoms with van der Waals surface area (Å²) in [7, 11) is 3.22. The second-order valence-corrected chi connectivity index (χ2v) is 4.37. The maximum absolute atomic E-state index is 11.2. The highest BCUT2D eigenvalue weighted by Gasteiger charge is 2.41. The molecule has 0 bridgehead atoms. The molecular weight excluding hydrogens is 232 g/mol. The van der Waals surface area contributed by atoms with Crippen molar-refractivity contribution in [1.82, 2.24) is 0 Å². The molecule has 2 rings (SSSR count). The Kier molecular flexibility index (Phi) is 4.33. The van der Waals surface area contributed by atoms with E-state index in [1.54, 1.807) is 7.11 Å². The molecule has 2 atom stereocenters. The monoisotopic (exact) mass is 250 g/mol. The van der Waals surface area contributed by atoms with Gasteiger partial charge in [-0.3, -0.25) is 4.79 Å². The lowest BCUT2D eigenvalue weighted by Gasteiger charge is -2.33. The van der Waals surface area contributed by atoms with Gasteiger partial charge >= 0.3 is 0 Å². The number of benzene rings is 1. The van der Waals surface area contributed by atoms with Crippen molar-refractivity contribution in [2.45, 2.75) is 25.0 Å². The van der Waals surface area contributed by atoms with Crippen LogP contribution in [0.15, 0.2) is 24.3 Å². The Hall–Kier alpha value is -1.39. The van der Waals surface area contributed by atoms with Crippen LogP contribution in [0, 0.1) is 0 Å². The third-order valence-corrected chi connectivity index (χ3v) is 3.12. The van der Waals surface area contributed by atoms with E-state index in [4.69, 9.17) is 14.2 Å². The van der Waals surface area contributed by atoms with Crippen LogP contribution in [0.25, 0.3) is 0 Å². The number of carbonyl (C=O) groups is 1. The summed E-state index contributed by atoms with van der Waals surface area (Å²) in [5.41, 5.74) is 1.21. The fourth-order valence-electron chi connectivity index (χ4n) is 1.98. The summed E-state index contributed by atoms with van der Waals surface area (Å²) in [5, 5.41) is 0. The Bertz CT molecular complexity index is 399. The molecule has 4 nitrogen and oxygen atoms in total. The van der Waals surface area contributed by atoms with Gasteiger partial charge in [0.15, 0.2) is 11.9 Å². The lowest BCUT2D eigenvalue weighted by atomic mass is 9.90. The van der Waals surface area contributed by atoms with Crippen molar-refractivity contribution in [3.63, 3.8) is 0 Å². The van der Waals surface area contributed by atoms with E-state index in [1.807, 2.05) is 24.3 Å². The van der Waals surface area contributed by atoms with E-state index < -0.39 is 6.10 Å². The van der Waals surface area contributed by atoms with E-state index in [-0.39, 0.29) is 11.9 Å². The number of ether oxygens (including phenoxy) is 3. The molecule has 0 aliphatic heterocycles. The second-order valence-electron chi connectivity index (χ2n) is 4.37. The molecule has 0 amide bonds. The lowest BCUT2D eigenvalue weighted by Crippen LogP contribution is -2.51. The minimum Gasteiger partial charge on any atom is -0.487 e. The zero-order valence-corrected chi connectivity index (χ0v) is 10.7. The van der Waals surface area contributed by atoms with Gasteiger partial charge in [0.1, 0.15) is 11.9 Å². The average Bonchev–Trinajstić information content (AvgIpc) is 2.37. The van der Waals surface area contributed by atoms with Crippen molar-refractivity contribution in [2.75, 3.05) is 20.8 Å². The summed E-state index contributed by atoms with van der Waals surface area (Å²) in [4.78, 5) is 11.2. The lowest BCUT2D eigenvalue weighted by molar-refractivity contribution is -0.150. The van der Waals surface area contributed by atoms with Gasteiger partial charge in [0.2, 0.25) is 0 Å². The van der Waals surface area contributed by atoms with Crippen molar-refractivity contribution in [2.24, 2.45) is 0 Å². The molecule has 1 aliphatic carbocycles. The molecule has 0 heterocycles. The molecule has 2 unspecified atom stereocenters. The predicted molar refractivity (Wildman–Crippen MR) is 66.9 cm³/mol. The first-order chi connectivity index (χ1) is 8.74. The highest BCUT2D eigenvalue weighted by molar-refractivity contribution is 5.90. The average molecular weight is 250 g/mol. The summed E-state index contributed by atoms with van der Waals surface area (Å²) in [6.45, 7) is 0.711. The van der Waals surface area contributed by atoms with Crippen molar-refractivity contribution < 1.29 is 19.0 Å². The van der Waals surface area contributed by atoms with Gasteiger partial charge in [-0.05, 0) is 24.1 Å². The third kappa shape index (κ3) is 2.89. The number of ketones is 1. The van der Waals surface area contributed by atoms with E-state index in [9.17, 15) is 4.79 Å². The summed E-state index contributed by atoms with van der Waals surface area (Å²) >= 11 is 0. The van der Waals surface area contributed by atoms with Crippen LogP contribution < -0.4 is 4.74 Å². The van der Waals surface area contributed by atoms with Crippen molar-refractivity contribution in [3.8, 4) is 5.75 Å². The summed E-state index contributed by atoms with van der Waals surface area (Å²) in [6.07, 6.45) is 0.772. The van der Waals surface area contributed by atoms with E-state index >= 15 is 0 Å². The quantitative estimate of drug-likeness (QED) is 0.769.